The van der Waals surface area contributed by atoms with Crippen LogP contribution in [0.4, 0.5) is 8.78 Å². The van der Waals surface area contributed by atoms with Crippen LogP contribution in [-0.2, 0) is 13.0 Å². The summed E-state index contributed by atoms with van der Waals surface area (Å²) >= 11 is 5.86. The molecule has 0 spiro atoms. The van der Waals surface area contributed by atoms with Crippen molar-refractivity contribution in [3.8, 4) is 0 Å². The Morgan fingerprint density at radius 2 is 1.76 bits per heavy atom. The van der Waals surface area contributed by atoms with Gasteiger partial charge in [-0.1, -0.05) is 29.8 Å². The third-order valence-electron chi connectivity index (χ3n) is 3.85. The van der Waals surface area contributed by atoms with E-state index < -0.39 is 17.6 Å². The smallest absolute Gasteiger partial charge is 0.352 e. The first kappa shape index (κ1) is 17.2. The van der Waals surface area contributed by atoms with Gasteiger partial charge in [-0.2, -0.15) is 0 Å². The maximum atomic E-state index is 13.8. The predicted molar refractivity (Wildman–Crippen MR) is 91.1 cm³/mol. The van der Waals surface area contributed by atoms with Crippen molar-refractivity contribution in [2.75, 3.05) is 0 Å². The van der Waals surface area contributed by atoms with Crippen LogP contribution < -0.4 is 0 Å². The van der Waals surface area contributed by atoms with Gasteiger partial charge in [0.25, 0.3) is 0 Å². The Balaban J connectivity index is 1.89. The van der Waals surface area contributed by atoms with E-state index in [0.29, 0.717) is 11.4 Å². The lowest BCUT2D eigenvalue weighted by molar-refractivity contribution is 0.0685. The average Bonchev–Trinajstić information content (AvgIpc) is 2.95. The quantitative estimate of drug-likeness (QED) is 0.712. The summed E-state index contributed by atoms with van der Waals surface area (Å²) in [6.07, 6.45) is 2.19. The van der Waals surface area contributed by atoms with Crippen LogP contribution in [-0.4, -0.2) is 15.6 Å². The minimum atomic E-state index is -1.11. The number of benzene rings is 2. The molecule has 0 saturated carbocycles. The molecular formula is C19H14ClF2NO2. The molecule has 0 atom stereocenters. The van der Waals surface area contributed by atoms with Gasteiger partial charge in [-0.15, -0.1) is 0 Å². The van der Waals surface area contributed by atoms with Gasteiger partial charge in [0.05, 0.1) is 6.54 Å². The highest BCUT2D eigenvalue weighted by atomic mass is 35.5. The van der Waals surface area contributed by atoms with Crippen LogP contribution in [0.2, 0.25) is 5.02 Å². The van der Waals surface area contributed by atoms with Crippen molar-refractivity contribution in [3.63, 3.8) is 0 Å². The summed E-state index contributed by atoms with van der Waals surface area (Å²) in [6.45, 7) is 0.00830. The van der Waals surface area contributed by atoms with E-state index in [4.69, 9.17) is 11.6 Å². The van der Waals surface area contributed by atoms with Crippen molar-refractivity contribution in [2.24, 2.45) is 0 Å². The van der Waals surface area contributed by atoms with Crippen molar-refractivity contribution < 1.29 is 18.7 Å². The van der Waals surface area contributed by atoms with E-state index in [1.165, 1.54) is 10.6 Å². The molecular weight excluding hydrogens is 348 g/mol. The van der Waals surface area contributed by atoms with E-state index in [1.54, 1.807) is 24.4 Å². The molecule has 6 heteroatoms. The molecule has 2 aromatic carbocycles. The minimum Gasteiger partial charge on any atom is -0.477 e. The Labute approximate surface area is 148 Å². The van der Waals surface area contributed by atoms with E-state index in [-0.39, 0.29) is 17.8 Å². The fourth-order valence-corrected chi connectivity index (χ4v) is 2.77. The van der Waals surface area contributed by atoms with E-state index in [0.717, 1.165) is 23.3 Å². The van der Waals surface area contributed by atoms with E-state index >= 15 is 0 Å². The summed E-state index contributed by atoms with van der Waals surface area (Å²) in [5.41, 5.74) is 2.03. The minimum absolute atomic E-state index is 0.00830. The molecule has 0 bridgehead atoms. The molecule has 0 aliphatic heterocycles. The Hall–Kier alpha value is -2.66. The van der Waals surface area contributed by atoms with Crippen molar-refractivity contribution in [3.05, 3.63) is 93.8 Å². The third-order valence-corrected chi connectivity index (χ3v) is 4.10. The Kier molecular flexibility index (Phi) is 4.86. The largest absolute Gasteiger partial charge is 0.477 e. The molecule has 3 nitrogen and oxygen atoms in total. The highest BCUT2D eigenvalue weighted by molar-refractivity contribution is 6.30. The fraction of sp³-hybridized carbons (Fsp3) is 0.105. The van der Waals surface area contributed by atoms with Crippen LogP contribution in [0.1, 0.15) is 27.2 Å². The van der Waals surface area contributed by atoms with Crippen LogP contribution in [0.5, 0.6) is 0 Å². The average molecular weight is 362 g/mol. The fourth-order valence-electron chi connectivity index (χ4n) is 2.65. The molecule has 0 amide bonds. The first-order valence-electron chi connectivity index (χ1n) is 7.53. The Bertz CT molecular complexity index is 920. The standard InChI is InChI=1S/C19H14ClF2NO2/c20-15-4-1-12(2-5-15)7-13-8-18(19(24)25)23(10-13)11-14-3-6-16(21)9-17(14)22/h1-6,8-10H,7,11H2,(H,24,25). The molecule has 0 aliphatic carbocycles. The molecule has 25 heavy (non-hydrogen) atoms. The molecule has 3 aromatic rings. The third kappa shape index (κ3) is 4.06. The number of carboxylic acids is 1. The number of rotatable bonds is 5. The molecule has 0 radical (unpaired) electrons. The zero-order valence-electron chi connectivity index (χ0n) is 13.0. The molecule has 0 unspecified atom stereocenters. The Morgan fingerprint density at radius 3 is 2.40 bits per heavy atom. The zero-order valence-corrected chi connectivity index (χ0v) is 13.8. The molecule has 128 valence electrons. The number of halogens is 3. The number of aromatic carboxylic acids is 1. The molecule has 1 N–H and O–H groups in total. The summed E-state index contributed by atoms with van der Waals surface area (Å²) in [5, 5.41) is 10.0. The van der Waals surface area contributed by atoms with Gasteiger partial charge in [0, 0.05) is 22.8 Å². The molecule has 3 rings (SSSR count). The van der Waals surface area contributed by atoms with Crippen LogP contribution in [0.25, 0.3) is 0 Å². The van der Waals surface area contributed by atoms with Crippen molar-refractivity contribution in [1.82, 2.24) is 4.57 Å². The van der Waals surface area contributed by atoms with Crippen LogP contribution in [0.15, 0.2) is 54.7 Å². The first-order valence-corrected chi connectivity index (χ1v) is 7.91. The van der Waals surface area contributed by atoms with Crippen molar-refractivity contribution >= 4 is 17.6 Å². The molecule has 0 aliphatic rings. The highest BCUT2D eigenvalue weighted by Crippen LogP contribution is 2.19. The summed E-state index contributed by atoms with van der Waals surface area (Å²) in [4.78, 5) is 11.5. The van der Waals surface area contributed by atoms with Gasteiger partial charge in [-0.25, -0.2) is 13.6 Å². The lowest BCUT2D eigenvalue weighted by Gasteiger charge is -2.07. The predicted octanol–water partition coefficient (Wildman–Crippen LogP) is 4.76. The topological polar surface area (TPSA) is 42.2 Å². The summed E-state index contributed by atoms with van der Waals surface area (Å²) < 4.78 is 28.3. The molecule has 1 aromatic heterocycles. The van der Waals surface area contributed by atoms with Gasteiger partial charge in [0.15, 0.2) is 0 Å². The van der Waals surface area contributed by atoms with Gasteiger partial charge in [-0.3, -0.25) is 0 Å². The second kappa shape index (κ2) is 7.07. The normalized spacial score (nSPS) is 10.8. The summed E-state index contributed by atoms with van der Waals surface area (Å²) in [5.74, 6) is -2.48. The number of aromatic nitrogens is 1. The Morgan fingerprint density at radius 1 is 1.04 bits per heavy atom. The number of carbonyl (C=O) groups is 1. The maximum Gasteiger partial charge on any atom is 0.352 e. The first-order chi connectivity index (χ1) is 11.9. The van der Waals surface area contributed by atoms with Gasteiger partial charge >= 0.3 is 5.97 Å². The van der Waals surface area contributed by atoms with Gasteiger partial charge in [0.2, 0.25) is 0 Å². The van der Waals surface area contributed by atoms with Crippen molar-refractivity contribution in [1.29, 1.82) is 0 Å². The lowest BCUT2D eigenvalue weighted by atomic mass is 10.1. The molecule has 0 saturated heterocycles. The monoisotopic (exact) mass is 361 g/mol. The van der Waals surface area contributed by atoms with E-state index in [2.05, 4.69) is 0 Å². The van der Waals surface area contributed by atoms with Gasteiger partial charge in [-0.05, 0) is 41.8 Å². The van der Waals surface area contributed by atoms with Crippen LogP contribution in [0, 0.1) is 11.6 Å². The molecule has 1 heterocycles. The summed E-state index contributed by atoms with van der Waals surface area (Å²) in [7, 11) is 0. The summed E-state index contributed by atoms with van der Waals surface area (Å²) in [6, 6.07) is 12.1. The SMILES string of the molecule is O=C(O)c1cc(Cc2ccc(Cl)cc2)cn1Cc1ccc(F)cc1F. The van der Waals surface area contributed by atoms with Gasteiger partial charge < -0.3 is 9.67 Å². The number of carboxylic acid groups (broad SMARTS) is 1. The second-order valence-corrected chi connectivity index (χ2v) is 6.14. The van der Waals surface area contributed by atoms with Gasteiger partial charge in [0.1, 0.15) is 17.3 Å². The zero-order chi connectivity index (χ0) is 18.0. The van der Waals surface area contributed by atoms with Crippen LogP contribution >= 0.6 is 11.6 Å². The lowest BCUT2D eigenvalue weighted by Crippen LogP contribution is -2.09. The van der Waals surface area contributed by atoms with E-state index in [1.807, 2.05) is 12.1 Å². The number of hydrogen-bond acceptors (Lipinski definition) is 1. The highest BCUT2D eigenvalue weighted by Gasteiger charge is 2.15. The number of nitrogens with zero attached hydrogens (tertiary/aromatic N) is 1. The maximum absolute atomic E-state index is 13.8. The molecule has 0 fully saturated rings. The van der Waals surface area contributed by atoms with E-state index in [9.17, 15) is 18.7 Å². The number of hydrogen-bond donors (Lipinski definition) is 1. The van der Waals surface area contributed by atoms with Crippen molar-refractivity contribution in [2.45, 2.75) is 13.0 Å². The van der Waals surface area contributed by atoms with Crippen LogP contribution in [0.3, 0.4) is 0 Å². The second-order valence-electron chi connectivity index (χ2n) is 5.71.